The maximum atomic E-state index is 4.09. The molecule has 1 unspecified atom stereocenters. The maximum Gasteiger partial charge on any atom is -0.0414 e. The van der Waals surface area contributed by atoms with Crippen molar-refractivity contribution in [1.29, 1.82) is 0 Å². The van der Waals surface area contributed by atoms with Gasteiger partial charge in [-0.2, -0.15) is 0 Å². The van der Waals surface area contributed by atoms with Gasteiger partial charge in [0, 0.05) is 0 Å². The van der Waals surface area contributed by atoms with Crippen molar-refractivity contribution < 1.29 is 0 Å². The number of hydrogen-bond acceptors (Lipinski definition) is 0. The van der Waals surface area contributed by atoms with Crippen molar-refractivity contribution in [1.82, 2.24) is 0 Å². The Labute approximate surface area is 295 Å². The SMILES string of the molecule is [CH2]CCCCC(CCCCCCCCCCCCCCCCCC)CCCCCCCCCCCCCCCCCCCCCC. The minimum atomic E-state index is 1.01. The molecule has 0 rings (SSSR count). The summed E-state index contributed by atoms with van der Waals surface area (Å²) in [6.07, 6.45) is 61.6. The molecule has 0 aromatic carbocycles. The second-order valence-electron chi connectivity index (χ2n) is 15.8. The van der Waals surface area contributed by atoms with Crippen molar-refractivity contribution in [2.24, 2.45) is 5.92 Å². The second-order valence-corrected chi connectivity index (χ2v) is 15.8. The van der Waals surface area contributed by atoms with Gasteiger partial charge in [0.15, 0.2) is 0 Å². The van der Waals surface area contributed by atoms with Gasteiger partial charge in [-0.3, -0.25) is 0 Å². The zero-order chi connectivity index (χ0) is 33.3. The Balaban J connectivity index is 3.49. The van der Waals surface area contributed by atoms with E-state index in [1.807, 2.05) is 0 Å². The molecular weight excluding hydrogens is 553 g/mol. The average molecular weight is 646 g/mol. The van der Waals surface area contributed by atoms with Crippen LogP contribution in [-0.4, -0.2) is 0 Å². The van der Waals surface area contributed by atoms with Crippen LogP contribution in [0.25, 0.3) is 0 Å². The lowest BCUT2D eigenvalue weighted by atomic mass is 9.89. The second kappa shape index (κ2) is 43.0. The van der Waals surface area contributed by atoms with Gasteiger partial charge in [0.05, 0.1) is 0 Å². The van der Waals surface area contributed by atoms with Crippen LogP contribution in [0.2, 0.25) is 0 Å². The van der Waals surface area contributed by atoms with Gasteiger partial charge >= 0.3 is 0 Å². The average Bonchev–Trinajstić information content (AvgIpc) is 3.07. The predicted octanol–water partition coefficient (Wildman–Crippen LogP) is 17.9. The lowest BCUT2D eigenvalue weighted by molar-refractivity contribution is 0.368. The van der Waals surface area contributed by atoms with Crippen LogP contribution >= 0.6 is 0 Å². The number of rotatable bonds is 42. The van der Waals surface area contributed by atoms with E-state index in [2.05, 4.69) is 20.8 Å². The molecule has 0 nitrogen and oxygen atoms in total. The molecule has 0 amide bonds. The summed E-state index contributed by atoms with van der Waals surface area (Å²) in [6.45, 7) is 8.71. The molecule has 0 bridgehead atoms. The molecule has 0 heterocycles. The molecule has 1 radical (unpaired) electrons. The third kappa shape index (κ3) is 40.2. The highest BCUT2D eigenvalue weighted by Gasteiger charge is 2.08. The minimum absolute atomic E-state index is 1.01. The summed E-state index contributed by atoms with van der Waals surface area (Å²) in [5, 5.41) is 0. The van der Waals surface area contributed by atoms with Gasteiger partial charge in [0.2, 0.25) is 0 Å². The monoisotopic (exact) mass is 646 g/mol. The summed E-state index contributed by atoms with van der Waals surface area (Å²) in [5.41, 5.74) is 0. The largest absolute Gasteiger partial charge is 0.0654 e. The van der Waals surface area contributed by atoms with Crippen molar-refractivity contribution in [3.8, 4) is 0 Å². The van der Waals surface area contributed by atoms with Crippen molar-refractivity contribution in [3.05, 3.63) is 6.92 Å². The Morgan fingerprint density at radius 3 is 0.609 bits per heavy atom. The lowest BCUT2D eigenvalue weighted by Gasteiger charge is -2.17. The van der Waals surface area contributed by atoms with Crippen LogP contribution in [0.15, 0.2) is 0 Å². The summed E-state index contributed by atoms with van der Waals surface area (Å²) in [6, 6.07) is 0. The fourth-order valence-electron chi connectivity index (χ4n) is 7.71. The van der Waals surface area contributed by atoms with Crippen molar-refractivity contribution in [3.63, 3.8) is 0 Å². The van der Waals surface area contributed by atoms with Crippen LogP contribution in [0.3, 0.4) is 0 Å². The van der Waals surface area contributed by atoms with Gasteiger partial charge in [-0.25, -0.2) is 0 Å². The van der Waals surface area contributed by atoms with E-state index in [0.29, 0.717) is 0 Å². The first-order valence-corrected chi connectivity index (χ1v) is 22.6. The highest BCUT2D eigenvalue weighted by molar-refractivity contribution is 4.62. The van der Waals surface area contributed by atoms with Crippen LogP contribution in [0.5, 0.6) is 0 Å². The molecule has 0 aromatic rings. The van der Waals surface area contributed by atoms with E-state index in [-0.39, 0.29) is 0 Å². The molecule has 0 saturated carbocycles. The molecule has 0 N–H and O–H groups in total. The van der Waals surface area contributed by atoms with Crippen molar-refractivity contribution in [2.75, 3.05) is 0 Å². The van der Waals surface area contributed by atoms with Crippen molar-refractivity contribution in [2.45, 2.75) is 284 Å². The van der Waals surface area contributed by atoms with Crippen LogP contribution < -0.4 is 0 Å². The topological polar surface area (TPSA) is 0 Å². The first-order chi connectivity index (χ1) is 22.8. The number of unbranched alkanes of at least 4 members (excludes halogenated alkanes) is 36. The molecule has 0 fully saturated rings. The molecule has 1 atom stereocenters. The van der Waals surface area contributed by atoms with E-state index in [1.165, 1.54) is 263 Å². The zero-order valence-electron chi connectivity index (χ0n) is 33.0. The molecule has 0 saturated heterocycles. The molecule has 0 aliphatic rings. The normalized spacial score (nSPS) is 12.3. The van der Waals surface area contributed by atoms with E-state index >= 15 is 0 Å². The van der Waals surface area contributed by atoms with Gasteiger partial charge in [-0.15, -0.1) is 0 Å². The predicted molar refractivity (Wildman–Crippen MR) is 214 cm³/mol. The van der Waals surface area contributed by atoms with Crippen LogP contribution in [0.1, 0.15) is 284 Å². The summed E-state index contributed by atoms with van der Waals surface area (Å²) in [5.74, 6) is 1.01. The van der Waals surface area contributed by atoms with Crippen LogP contribution in [0, 0.1) is 12.8 Å². The molecule has 0 aliphatic heterocycles. The summed E-state index contributed by atoms with van der Waals surface area (Å²) < 4.78 is 0. The van der Waals surface area contributed by atoms with Gasteiger partial charge in [-0.1, -0.05) is 290 Å². The van der Waals surface area contributed by atoms with Gasteiger partial charge in [-0.05, 0) is 5.92 Å². The molecule has 0 heteroatoms. The molecule has 0 aromatic heterocycles. The maximum absolute atomic E-state index is 4.09. The Kier molecular flexibility index (Phi) is 43.0. The highest BCUT2D eigenvalue weighted by Crippen LogP contribution is 2.25. The molecular formula is C46H93. The standard InChI is InChI=1S/C46H93/c1-4-7-10-12-14-16-18-20-22-24-25-26-27-29-31-33-35-37-39-42-45-46(43-40-9-6-3)44-41-38-36-34-32-30-28-23-21-19-17-15-13-11-8-5-2/h46H,3-45H2,1-2H3. The first kappa shape index (κ1) is 46.0. The zero-order valence-corrected chi connectivity index (χ0v) is 33.0. The minimum Gasteiger partial charge on any atom is -0.0654 e. The van der Waals surface area contributed by atoms with E-state index < -0.39 is 0 Å². The van der Waals surface area contributed by atoms with E-state index in [1.54, 1.807) is 0 Å². The van der Waals surface area contributed by atoms with Crippen LogP contribution in [-0.2, 0) is 0 Å². The van der Waals surface area contributed by atoms with E-state index in [4.69, 9.17) is 0 Å². The third-order valence-corrected chi connectivity index (χ3v) is 11.0. The molecule has 0 spiro atoms. The van der Waals surface area contributed by atoms with Gasteiger partial charge in [0.25, 0.3) is 0 Å². The Hall–Kier alpha value is 0. The van der Waals surface area contributed by atoms with Crippen molar-refractivity contribution >= 4 is 0 Å². The highest BCUT2D eigenvalue weighted by atomic mass is 14.1. The van der Waals surface area contributed by atoms with Crippen LogP contribution in [0.4, 0.5) is 0 Å². The van der Waals surface area contributed by atoms with Gasteiger partial charge in [0.1, 0.15) is 0 Å². The Morgan fingerprint density at radius 2 is 0.413 bits per heavy atom. The molecule has 46 heavy (non-hydrogen) atoms. The Morgan fingerprint density at radius 1 is 0.239 bits per heavy atom. The quantitative estimate of drug-likeness (QED) is 0.0579. The van der Waals surface area contributed by atoms with E-state index in [9.17, 15) is 0 Å². The summed E-state index contributed by atoms with van der Waals surface area (Å²) >= 11 is 0. The van der Waals surface area contributed by atoms with Gasteiger partial charge < -0.3 is 0 Å². The molecule has 0 aliphatic carbocycles. The fourth-order valence-corrected chi connectivity index (χ4v) is 7.71. The number of hydrogen-bond donors (Lipinski definition) is 0. The lowest BCUT2D eigenvalue weighted by Crippen LogP contribution is -2.01. The fraction of sp³-hybridized carbons (Fsp3) is 0.978. The third-order valence-electron chi connectivity index (χ3n) is 11.0. The van der Waals surface area contributed by atoms with E-state index in [0.717, 1.165) is 12.3 Å². The summed E-state index contributed by atoms with van der Waals surface area (Å²) in [4.78, 5) is 0. The first-order valence-electron chi connectivity index (χ1n) is 22.6. The smallest absolute Gasteiger partial charge is 0.0414 e. The Bertz CT molecular complexity index is 494. The molecule has 277 valence electrons. The summed E-state index contributed by atoms with van der Waals surface area (Å²) in [7, 11) is 0.